The molecule has 0 unspecified atom stereocenters. The molecule has 1 aliphatic rings. The molecule has 0 radical (unpaired) electrons. The first kappa shape index (κ1) is 15.0. The van der Waals surface area contributed by atoms with Crippen LogP contribution in [0.5, 0.6) is 0 Å². The Morgan fingerprint density at radius 2 is 1.86 bits per heavy atom. The summed E-state index contributed by atoms with van der Waals surface area (Å²) in [5.74, 6) is -0.761. The van der Waals surface area contributed by atoms with E-state index in [1.165, 1.54) is 11.9 Å². The van der Waals surface area contributed by atoms with Gasteiger partial charge in [0.15, 0.2) is 0 Å². The maximum Gasteiger partial charge on any atom is 0.327 e. The van der Waals surface area contributed by atoms with Crippen molar-refractivity contribution in [3.05, 3.63) is 35.4 Å². The van der Waals surface area contributed by atoms with E-state index in [4.69, 9.17) is 5.11 Å². The highest BCUT2D eigenvalue weighted by atomic mass is 16.3. The molecular formula is C14H17N3O4. The molecule has 0 aliphatic carbocycles. The number of carbonyl (C=O) groups is 3. The minimum absolute atomic E-state index is 0.00867. The summed E-state index contributed by atoms with van der Waals surface area (Å²) >= 11 is 0. The highest BCUT2D eigenvalue weighted by Gasteiger charge is 2.34. The van der Waals surface area contributed by atoms with E-state index >= 15 is 0 Å². The van der Waals surface area contributed by atoms with E-state index in [1.807, 2.05) is 0 Å². The van der Waals surface area contributed by atoms with Gasteiger partial charge in [0.25, 0.3) is 5.91 Å². The SMILES string of the molecule is CN1CC(=O)N(CC(=O)NCc2ccc(CO)cc2)C1=O. The predicted molar refractivity (Wildman–Crippen MR) is 74.0 cm³/mol. The fourth-order valence-corrected chi connectivity index (χ4v) is 1.99. The zero-order valence-electron chi connectivity index (χ0n) is 11.7. The van der Waals surface area contributed by atoms with Crippen molar-refractivity contribution < 1.29 is 19.5 Å². The first-order chi connectivity index (χ1) is 10.0. The Morgan fingerprint density at radius 1 is 1.24 bits per heavy atom. The first-order valence-corrected chi connectivity index (χ1v) is 6.52. The van der Waals surface area contributed by atoms with Gasteiger partial charge >= 0.3 is 6.03 Å². The molecule has 0 atom stereocenters. The molecule has 1 aromatic carbocycles. The number of hydrogen-bond acceptors (Lipinski definition) is 4. The molecule has 2 N–H and O–H groups in total. The summed E-state index contributed by atoms with van der Waals surface area (Å²) < 4.78 is 0. The molecular weight excluding hydrogens is 274 g/mol. The average Bonchev–Trinajstić information content (AvgIpc) is 2.72. The van der Waals surface area contributed by atoms with Crippen molar-refractivity contribution in [1.29, 1.82) is 0 Å². The highest BCUT2D eigenvalue weighted by Crippen LogP contribution is 2.07. The summed E-state index contributed by atoms with van der Waals surface area (Å²) in [6.07, 6.45) is 0. The van der Waals surface area contributed by atoms with Gasteiger partial charge in [-0.15, -0.1) is 0 Å². The lowest BCUT2D eigenvalue weighted by Crippen LogP contribution is -2.40. The van der Waals surface area contributed by atoms with E-state index in [2.05, 4.69) is 5.32 Å². The highest BCUT2D eigenvalue weighted by molar-refractivity contribution is 6.04. The van der Waals surface area contributed by atoms with Crippen molar-refractivity contribution in [3.8, 4) is 0 Å². The number of imide groups is 1. The molecule has 4 amide bonds. The largest absolute Gasteiger partial charge is 0.392 e. The first-order valence-electron chi connectivity index (χ1n) is 6.52. The van der Waals surface area contributed by atoms with Crippen LogP contribution in [0.25, 0.3) is 0 Å². The third-order valence-electron chi connectivity index (χ3n) is 3.23. The number of nitrogens with one attached hydrogen (secondary N) is 1. The van der Waals surface area contributed by atoms with E-state index in [0.717, 1.165) is 16.0 Å². The van der Waals surface area contributed by atoms with Crippen LogP contribution < -0.4 is 5.32 Å². The molecule has 1 heterocycles. The quantitative estimate of drug-likeness (QED) is 0.728. The standard InChI is InChI=1S/C14H17N3O4/c1-16-8-13(20)17(14(16)21)7-12(19)15-6-10-2-4-11(9-18)5-3-10/h2-5,18H,6-9H2,1H3,(H,15,19). The average molecular weight is 291 g/mol. The molecule has 0 spiro atoms. The fraction of sp³-hybridized carbons (Fsp3) is 0.357. The van der Waals surface area contributed by atoms with E-state index in [-0.39, 0.29) is 25.6 Å². The molecule has 1 aromatic rings. The number of rotatable bonds is 5. The fourth-order valence-electron chi connectivity index (χ4n) is 1.99. The number of amides is 4. The number of nitrogens with zero attached hydrogens (tertiary/aromatic N) is 2. The van der Waals surface area contributed by atoms with E-state index in [1.54, 1.807) is 24.3 Å². The Balaban J connectivity index is 1.84. The third-order valence-corrected chi connectivity index (χ3v) is 3.23. The number of hydrogen-bond donors (Lipinski definition) is 2. The Morgan fingerprint density at radius 3 is 2.38 bits per heavy atom. The van der Waals surface area contributed by atoms with Crippen LogP contribution in [0.4, 0.5) is 4.79 Å². The van der Waals surface area contributed by atoms with Crippen molar-refractivity contribution in [3.63, 3.8) is 0 Å². The Bertz CT molecular complexity index is 556. The smallest absolute Gasteiger partial charge is 0.327 e. The van der Waals surface area contributed by atoms with Crippen LogP contribution >= 0.6 is 0 Å². The molecule has 1 fully saturated rings. The monoisotopic (exact) mass is 291 g/mol. The van der Waals surface area contributed by atoms with Crippen LogP contribution in [0, 0.1) is 0 Å². The number of aliphatic hydroxyl groups is 1. The Hall–Kier alpha value is -2.41. The molecule has 7 heteroatoms. The summed E-state index contributed by atoms with van der Waals surface area (Å²) in [7, 11) is 1.51. The van der Waals surface area contributed by atoms with Gasteiger partial charge in [-0.3, -0.25) is 14.5 Å². The molecule has 1 aliphatic heterocycles. The maximum atomic E-state index is 11.8. The van der Waals surface area contributed by atoms with Gasteiger partial charge in [0.2, 0.25) is 5.91 Å². The van der Waals surface area contributed by atoms with Crippen LogP contribution in [-0.4, -0.2) is 52.9 Å². The second kappa shape index (κ2) is 6.36. The summed E-state index contributed by atoms with van der Waals surface area (Å²) in [5, 5.41) is 11.6. The zero-order chi connectivity index (χ0) is 15.4. The molecule has 7 nitrogen and oxygen atoms in total. The normalized spacial score (nSPS) is 14.8. The van der Waals surface area contributed by atoms with Crippen LogP contribution in [-0.2, 0) is 22.7 Å². The van der Waals surface area contributed by atoms with Gasteiger partial charge in [0.05, 0.1) is 6.61 Å². The molecule has 112 valence electrons. The summed E-state index contributed by atoms with van der Waals surface area (Å²) in [6, 6.07) is 6.67. The predicted octanol–water partition coefficient (Wildman–Crippen LogP) is -0.311. The van der Waals surface area contributed by atoms with Gasteiger partial charge in [0.1, 0.15) is 13.1 Å². The minimum atomic E-state index is -0.456. The van der Waals surface area contributed by atoms with Gasteiger partial charge in [-0.1, -0.05) is 24.3 Å². The number of urea groups is 1. The van der Waals surface area contributed by atoms with Crippen molar-refractivity contribution in [2.24, 2.45) is 0 Å². The summed E-state index contributed by atoms with van der Waals surface area (Å²) in [6.45, 7) is 0.0153. The van der Waals surface area contributed by atoms with Crippen molar-refractivity contribution in [2.45, 2.75) is 13.2 Å². The van der Waals surface area contributed by atoms with Crippen LogP contribution in [0.1, 0.15) is 11.1 Å². The lowest BCUT2D eigenvalue weighted by Gasteiger charge is -2.13. The summed E-state index contributed by atoms with van der Waals surface area (Å²) in [4.78, 5) is 37.1. The number of likely N-dealkylation sites (N-methyl/N-ethyl adjacent to an activating group) is 1. The van der Waals surface area contributed by atoms with Crippen molar-refractivity contribution in [1.82, 2.24) is 15.1 Å². The minimum Gasteiger partial charge on any atom is -0.392 e. The topological polar surface area (TPSA) is 90.0 Å². The van der Waals surface area contributed by atoms with E-state index in [9.17, 15) is 14.4 Å². The van der Waals surface area contributed by atoms with Crippen molar-refractivity contribution >= 4 is 17.8 Å². The Labute approximate surface area is 122 Å². The maximum absolute atomic E-state index is 11.8. The second-order valence-electron chi connectivity index (χ2n) is 4.87. The third kappa shape index (κ3) is 3.57. The van der Waals surface area contributed by atoms with Crippen LogP contribution in [0.15, 0.2) is 24.3 Å². The van der Waals surface area contributed by atoms with Gasteiger partial charge in [-0.2, -0.15) is 0 Å². The zero-order valence-corrected chi connectivity index (χ0v) is 11.7. The molecule has 21 heavy (non-hydrogen) atoms. The Kier molecular flexibility index (Phi) is 4.54. The lowest BCUT2D eigenvalue weighted by molar-refractivity contribution is -0.130. The molecule has 0 aromatic heterocycles. The van der Waals surface area contributed by atoms with Gasteiger partial charge in [-0.25, -0.2) is 4.79 Å². The second-order valence-corrected chi connectivity index (χ2v) is 4.87. The summed E-state index contributed by atoms with van der Waals surface area (Å²) in [5.41, 5.74) is 1.66. The lowest BCUT2D eigenvalue weighted by atomic mass is 10.1. The van der Waals surface area contributed by atoms with Gasteiger partial charge < -0.3 is 15.3 Å². The van der Waals surface area contributed by atoms with E-state index in [0.29, 0.717) is 6.54 Å². The molecule has 0 saturated carbocycles. The van der Waals surface area contributed by atoms with Crippen molar-refractivity contribution in [2.75, 3.05) is 20.1 Å². The van der Waals surface area contributed by atoms with Gasteiger partial charge in [-0.05, 0) is 11.1 Å². The van der Waals surface area contributed by atoms with Gasteiger partial charge in [0, 0.05) is 13.6 Å². The molecule has 0 bridgehead atoms. The number of carbonyl (C=O) groups excluding carboxylic acids is 3. The number of benzene rings is 1. The molecule has 1 saturated heterocycles. The van der Waals surface area contributed by atoms with Crippen LogP contribution in [0.2, 0.25) is 0 Å². The molecule has 2 rings (SSSR count). The van der Waals surface area contributed by atoms with E-state index < -0.39 is 11.9 Å². The number of aliphatic hydroxyl groups excluding tert-OH is 1. The van der Waals surface area contributed by atoms with Crippen LogP contribution in [0.3, 0.4) is 0 Å².